The summed E-state index contributed by atoms with van der Waals surface area (Å²) in [4.78, 5) is 42.4. The van der Waals surface area contributed by atoms with Crippen LogP contribution in [0.4, 0.5) is 0 Å². The largest absolute Gasteiger partial charge is 0.339 e. The summed E-state index contributed by atoms with van der Waals surface area (Å²) >= 11 is 0. The van der Waals surface area contributed by atoms with Crippen LogP contribution in [0.1, 0.15) is 34.3 Å². The first-order valence-electron chi connectivity index (χ1n) is 10.00. The van der Waals surface area contributed by atoms with Gasteiger partial charge in [-0.3, -0.25) is 14.4 Å². The van der Waals surface area contributed by atoms with Gasteiger partial charge >= 0.3 is 0 Å². The Kier molecular flexibility index (Phi) is 5.48. The van der Waals surface area contributed by atoms with E-state index in [1.165, 1.54) is 4.57 Å². The highest BCUT2D eigenvalue weighted by Crippen LogP contribution is 2.13. The fourth-order valence-corrected chi connectivity index (χ4v) is 3.64. The number of rotatable bonds is 3. The third-order valence-corrected chi connectivity index (χ3v) is 5.34. The van der Waals surface area contributed by atoms with E-state index in [9.17, 15) is 14.4 Å². The second-order valence-corrected chi connectivity index (χ2v) is 7.44. The van der Waals surface area contributed by atoms with Gasteiger partial charge in [-0.15, -0.1) is 0 Å². The van der Waals surface area contributed by atoms with Gasteiger partial charge in [0.05, 0.1) is 0 Å². The van der Waals surface area contributed by atoms with Gasteiger partial charge in [-0.05, 0) is 48.3 Å². The first-order valence-corrected chi connectivity index (χ1v) is 10.00. The lowest BCUT2D eigenvalue weighted by Crippen LogP contribution is -2.52. The molecule has 1 saturated heterocycles. The second kappa shape index (κ2) is 8.37. The number of H-pyrrole nitrogens is 1. The van der Waals surface area contributed by atoms with E-state index in [-0.39, 0.29) is 27.7 Å². The SMILES string of the molecule is Cn1c(=O)/c(=C/c2ccccc2)[nH]c(=O)/c1=C/c1ccc(C(=O)N2CCCC2)cc1. The molecule has 3 aromatic rings. The lowest BCUT2D eigenvalue weighted by molar-refractivity contribution is 0.0793. The standard InChI is InChI=1S/C24H23N3O3/c1-26-21(22(28)25-20(24(26)30)15-17-7-3-2-4-8-17)16-18-9-11-19(12-10-18)23(29)27-13-5-6-14-27/h2-4,7-12,15-16H,5-6,13-14H2,1H3,(H,25,28)/b20-15-,21-16-. The molecule has 1 N–H and O–H groups in total. The summed E-state index contributed by atoms with van der Waals surface area (Å²) in [5, 5.41) is 0.487. The monoisotopic (exact) mass is 401 g/mol. The number of nitrogens with zero attached hydrogens (tertiary/aromatic N) is 2. The van der Waals surface area contributed by atoms with Crippen molar-refractivity contribution in [2.75, 3.05) is 13.1 Å². The first kappa shape index (κ1) is 19.6. The predicted molar refractivity (Wildman–Crippen MR) is 117 cm³/mol. The van der Waals surface area contributed by atoms with Crippen LogP contribution >= 0.6 is 0 Å². The van der Waals surface area contributed by atoms with E-state index < -0.39 is 0 Å². The van der Waals surface area contributed by atoms with E-state index >= 15 is 0 Å². The highest BCUT2D eigenvalue weighted by atomic mass is 16.2. The molecule has 6 heteroatoms. The molecule has 4 rings (SSSR count). The molecule has 0 aliphatic carbocycles. The van der Waals surface area contributed by atoms with Crippen molar-refractivity contribution in [1.29, 1.82) is 0 Å². The van der Waals surface area contributed by atoms with Crippen LogP contribution in [0.15, 0.2) is 64.2 Å². The number of aromatic nitrogens is 2. The van der Waals surface area contributed by atoms with Gasteiger partial charge < -0.3 is 14.5 Å². The van der Waals surface area contributed by atoms with Gasteiger partial charge in [0, 0.05) is 25.7 Å². The third-order valence-electron chi connectivity index (χ3n) is 5.34. The van der Waals surface area contributed by atoms with Crippen molar-refractivity contribution >= 4 is 18.1 Å². The van der Waals surface area contributed by atoms with E-state index in [2.05, 4.69) is 4.98 Å². The maximum Gasteiger partial charge on any atom is 0.274 e. The number of likely N-dealkylation sites (tertiary alicyclic amines) is 1. The Labute approximate surface area is 173 Å². The molecular weight excluding hydrogens is 378 g/mol. The van der Waals surface area contributed by atoms with Gasteiger partial charge in [-0.1, -0.05) is 42.5 Å². The fourth-order valence-electron chi connectivity index (χ4n) is 3.64. The molecular formula is C24H23N3O3. The van der Waals surface area contributed by atoms with Crippen molar-refractivity contribution in [3.05, 3.63) is 103 Å². The maximum absolute atomic E-state index is 12.7. The number of hydrogen-bond acceptors (Lipinski definition) is 3. The van der Waals surface area contributed by atoms with Gasteiger partial charge in [0.25, 0.3) is 17.0 Å². The van der Waals surface area contributed by atoms with Crippen LogP contribution < -0.4 is 21.8 Å². The van der Waals surface area contributed by atoms with E-state index in [0.717, 1.165) is 37.1 Å². The zero-order chi connectivity index (χ0) is 21.1. The van der Waals surface area contributed by atoms with Gasteiger partial charge in [0.2, 0.25) is 0 Å². The van der Waals surface area contributed by atoms with Crippen molar-refractivity contribution in [3.63, 3.8) is 0 Å². The molecule has 152 valence electrons. The number of carbonyl (C=O) groups is 1. The Balaban J connectivity index is 1.70. The van der Waals surface area contributed by atoms with Crippen molar-refractivity contribution < 1.29 is 4.79 Å². The summed E-state index contributed by atoms with van der Waals surface area (Å²) in [5.74, 6) is 0.0325. The summed E-state index contributed by atoms with van der Waals surface area (Å²) in [6.45, 7) is 1.60. The van der Waals surface area contributed by atoms with E-state index in [1.807, 2.05) is 35.2 Å². The Morgan fingerprint density at radius 1 is 0.900 bits per heavy atom. The third kappa shape index (κ3) is 4.03. The molecule has 0 saturated carbocycles. The molecule has 0 atom stereocenters. The smallest absolute Gasteiger partial charge is 0.274 e. The van der Waals surface area contributed by atoms with Crippen molar-refractivity contribution in [2.24, 2.45) is 7.05 Å². The summed E-state index contributed by atoms with van der Waals surface area (Å²) in [5.41, 5.74) is 1.57. The minimum atomic E-state index is -0.350. The molecule has 0 spiro atoms. The molecule has 2 heterocycles. The number of nitrogens with one attached hydrogen (secondary N) is 1. The minimum absolute atomic E-state index is 0.0325. The number of carbonyl (C=O) groups excluding carboxylic acids is 1. The summed E-state index contributed by atoms with van der Waals surface area (Å²) < 4.78 is 1.34. The fraction of sp³-hybridized carbons (Fsp3) is 0.208. The van der Waals surface area contributed by atoms with Crippen LogP contribution in [0.2, 0.25) is 0 Å². The van der Waals surface area contributed by atoms with Crippen LogP contribution in [0.3, 0.4) is 0 Å². The zero-order valence-corrected chi connectivity index (χ0v) is 16.8. The number of aromatic amines is 1. The Morgan fingerprint density at radius 3 is 2.20 bits per heavy atom. The summed E-state index contributed by atoms with van der Waals surface area (Å²) in [6.07, 6.45) is 5.40. The topological polar surface area (TPSA) is 75.2 Å². The van der Waals surface area contributed by atoms with Gasteiger partial charge in [0.15, 0.2) is 0 Å². The molecule has 1 aliphatic heterocycles. The predicted octanol–water partition coefficient (Wildman–Crippen LogP) is 0.967. The molecule has 6 nitrogen and oxygen atoms in total. The molecule has 2 aromatic carbocycles. The Hall–Kier alpha value is -3.67. The highest BCUT2D eigenvalue weighted by Gasteiger charge is 2.19. The average molecular weight is 401 g/mol. The van der Waals surface area contributed by atoms with Crippen LogP contribution in [0.5, 0.6) is 0 Å². The summed E-state index contributed by atoms with van der Waals surface area (Å²) in [6, 6.07) is 16.5. The zero-order valence-electron chi connectivity index (χ0n) is 16.8. The number of benzene rings is 2. The van der Waals surface area contributed by atoms with Gasteiger partial charge in [-0.25, -0.2) is 0 Å². The average Bonchev–Trinajstić information content (AvgIpc) is 3.30. The molecule has 1 aliphatic rings. The molecule has 0 bridgehead atoms. The van der Waals surface area contributed by atoms with Crippen LogP contribution in [0.25, 0.3) is 12.2 Å². The second-order valence-electron chi connectivity index (χ2n) is 7.44. The molecule has 0 unspecified atom stereocenters. The first-order chi connectivity index (χ1) is 14.5. The van der Waals surface area contributed by atoms with E-state index in [0.29, 0.717) is 5.56 Å². The lowest BCUT2D eigenvalue weighted by atomic mass is 10.1. The van der Waals surface area contributed by atoms with Crippen molar-refractivity contribution in [3.8, 4) is 0 Å². The van der Waals surface area contributed by atoms with Gasteiger partial charge in [0.1, 0.15) is 10.7 Å². The maximum atomic E-state index is 12.7. The van der Waals surface area contributed by atoms with Crippen molar-refractivity contribution in [1.82, 2.24) is 14.5 Å². The molecule has 1 fully saturated rings. The molecule has 1 aromatic heterocycles. The van der Waals surface area contributed by atoms with Crippen molar-refractivity contribution in [2.45, 2.75) is 12.8 Å². The van der Waals surface area contributed by atoms with Crippen LogP contribution in [-0.4, -0.2) is 33.4 Å². The van der Waals surface area contributed by atoms with Crippen LogP contribution in [0, 0.1) is 0 Å². The molecule has 30 heavy (non-hydrogen) atoms. The normalized spacial score (nSPS) is 15.0. The summed E-state index contributed by atoms with van der Waals surface area (Å²) in [7, 11) is 1.58. The lowest BCUT2D eigenvalue weighted by Gasteiger charge is -2.15. The molecule has 0 radical (unpaired) electrons. The van der Waals surface area contributed by atoms with Crippen LogP contribution in [-0.2, 0) is 7.05 Å². The quantitative estimate of drug-likeness (QED) is 0.711. The van der Waals surface area contributed by atoms with E-state index in [4.69, 9.17) is 0 Å². The van der Waals surface area contributed by atoms with E-state index in [1.54, 1.807) is 43.5 Å². The Bertz CT molecular complexity index is 1300. The highest BCUT2D eigenvalue weighted by molar-refractivity contribution is 5.94. The number of hydrogen-bond donors (Lipinski definition) is 1. The minimum Gasteiger partial charge on any atom is -0.339 e. The molecule has 1 amide bonds. The number of amides is 1. The Morgan fingerprint density at radius 2 is 1.53 bits per heavy atom. The van der Waals surface area contributed by atoms with Gasteiger partial charge in [-0.2, -0.15) is 0 Å².